The van der Waals surface area contributed by atoms with E-state index in [1.165, 1.54) is 12.1 Å². The normalized spacial score (nSPS) is 14.9. The summed E-state index contributed by atoms with van der Waals surface area (Å²) >= 11 is 3.42. The molecule has 2 aromatic rings. The SMILES string of the molecule is O=C1COc2ccc(C(Br)c3cc(F)cc(F)c3)cc2N1. The molecular formula is C15H10BrF2NO2. The van der Waals surface area contributed by atoms with E-state index in [2.05, 4.69) is 21.2 Å². The molecule has 1 amide bonds. The standard InChI is InChI=1S/C15H10BrF2NO2/c16-15(9-3-10(17)6-11(18)4-9)8-1-2-13-12(5-8)19-14(20)7-21-13/h1-6,15H,7H2,(H,19,20). The Bertz CT molecular complexity index is 701. The molecule has 3 rings (SSSR count). The smallest absolute Gasteiger partial charge is 0.262 e. The van der Waals surface area contributed by atoms with Gasteiger partial charge in [0.2, 0.25) is 0 Å². The second-order valence-electron chi connectivity index (χ2n) is 4.66. The van der Waals surface area contributed by atoms with Gasteiger partial charge in [-0.05, 0) is 35.4 Å². The number of anilines is 1. The van der Waals surface area contributed by atoms with E-state index < -0.39 is 16.5 Å². The molecule has 0 saturated heterocycles. The van der Waals surface area contributed by atoms with E-state index in [-0.39, 0.29) is 12.5 Å². The molecule has 1 N–H and O–H groups in total. The van der Waals surface area contributed by atoms with Crippen LogP contribution in [0.15, 0.2) is 36.4 Å². The van der Waals surface area contributed by atoms with Crippen molar-refractivity contribution >= 4 is 27.5 Å². The second kappa shape index (κ2) is 5.44. The summed E-state index contributed by atoms with van der Waals surface area (Å²) < 4.78 is 31.8. The van der Waals surface area contributed by atoms with Gasteiger partial charge in [0.25, 0.3) is 5.91 Å². The van der Waals surface area contributed by atoms with Gasteiger partial charge in [-0.2, -0.15) is 0 Å². The first-order valence-corrected chi connectivity index (χ1v) is 7.11. The van der Waals surface area contributed by atoms with E-state index in [1.807, 2.05) is 0 Å². The van der Waals surface area contributed by atoms with Crippen LogP contribution in [0.25, 0.3) is 0 Å². The number of ether oxygens (including phenoxy) is 1. The highest BCUT2D eigenvalue weighted by Gasteiger charge is 2.19. The summed E-state index contributed by atoms with van der Waals surface area (Å²) in [7, 11) is 0. The minimum atomic E-state index is -0.635. The van der Waals surface area contributed by atoms with Gasteiger partial charge in [-0.3, -0.25) is 4.79 Å². The number of alkyl halides is 1. The average Bonchev–Trinajstić information content (AvgIpc) is 2.44. The van der Waals surface area contributed by atoms with Crippen LogP contribution in [0.4, 0.5) is 14.5 Å². The zero-order valence-corrected chi connectivity index (χ0v) is 12.3. The van der Waals surface area contributed by atoms with Gasteiger partial charge in [-0.25, -0.2) is 8.78 Å². The van der Waals surface area contributed by atoms with E-state index in [9.17, 15) is 13.6 Å². The molecule has 0 aliphatic carbocycles. The molecule has 0 fully saturated rings. The summed E-state index contributed by atoms with van der Waals surface area (Å²) in [5.41, 5.74) is 1.75. The highest BCUT2D eigenvalue weighted by molar-refractivity contribution is 9.09. The monoisotopic (exact) mass is 353 g/mol. The van der Waals surface area contributed by atoms with Crippen LogP contribution in [0, 0.1) is 11.6 Å². The summed E-state index contributed by atoms with van der Waals surface area (Å²) in [5.74, 6) is -0.931. The topological polar surface area (TPSA) is 38.3 Å². The lowest BCUT2D eigenvalue weighted by molar-refractivity contribution is -0.118. The molecule has 6 heteroatoms. The Morgan fingerprint density at radius 2 is 1.81 bits per heavy atom. The predicted molar refractivity (Wildman–Crippen MR) is 77.7 cm³/mol. The van der Waals surface area contributed by atoms with E-state index in [0.29, 0.717) is 17.0 Å². The molecule has 108 valence electrons. The Morgan fingerprint density at radius 1 is 1.10 bits per heavy atom. The first kappa shape index (κ1) is 14.0. The maximum Gasteiger partial charge on any atom is 0.262 e. The van der Waals surface area contributed by atoms with Crippen molar-refractivity contribution in [2.45, 2.75) is 4.83 Å². The number of rotatable bonds is 2. The number of halogens is 3. The third-order valence-corrected chi connectivity index (χ3v) is 4.16. The molecule has 1 aliphatic heterocycles. The third-order valence-electron chi connectivity index (χ3n) is 3.11. The van der Waals surface area contributed by atoms with Crippen molar-refractivity contribution in [3.05, 3.63) is 59.2 Å². The number of hydrogen-bond acceptors (Lipinski definition) is 2. The van der Waals surface area contributed by atoms with Gasteiger partial charge in [0.1, 0.15) is 17.4 Å². The number of nitrogens with one attached hydrogen (secondary N) is 1. The molecule has 2 aromatic carbocycles. The fourth-order valence-corrected chi connectivity index (χ4v) is 2.72. The van der Waals surface area contributed by atoms with Crippen molar-refractivity contribution in [1.82, 2.24) is 0 Å². The van der Waals surface area contributed by atoms with Crippen molar-refractivity contribution in [1.29, 1.82) is 0 Å². The van der Waals surface area contributed by atoms with Crippen LogP contribution in [0.5, 0.6) is 5.75 Å². The molecule has 0 radical (unpaired) electrons. The fourth-order valence-electron chi connectivity index (χ4n) is 2.17. The fraction of sp³-hybridized carbons (Fsp3) is 0.133. The summed E-state index contributed by atoms with van der Waals surface area (Å²) in [6.07, 6.45) is 0. The number of hydrogen-bond donors (Lipinski definition) is 1. The third kappa shape index (κ3) is 2.90. The number of benzene rings is 2. The van der Waals surface area contributed by atoms with E-state index >= 15 is 0 Å². The number of amides is 1. The molecule has 0 saturated carbocycles. The minimum absolute atomic E-state index is 0.0147. The summed E-state index contributed by atoms with van der Waals surface area (Å²) in [6.45, 7) is -0.0147. The summed E-state index contributed by atoms with van der Waals surface area (Å²) in [6, 6.07) is 8.55. The summed E-state index contributed by atoms with van der Waals surface area (Å²) in [5, 5.41) is 2.70. The van der Waals surface area contributed by atoms with Crippen molar-refractivity contribution in [2.75, 3.05) is 11.9 Å². The zero-order chi connectivity index (χ0) is 15.0. The lowest BCUT2D eigenvalue weighted by Crippen LogP contribution is -2.25. The van der Waals surface area contributed by atoms with Crippen molar-refractivity contribution in [2.24, 2.45) is 0 Å². The van der Waals surface area contributed by atoms with Gasteiger partial charge >= 0.3 is 0 Å². The number of carbonyl (C=O) groups excluding carboxylic acids is 1. The van der Waals surface area contributed by atoms with Crippen LogP contribution in [0.1, 0.15) is 16.0 Å². The van der Waals surface area contributed by atoms with Gasteiger partial charge in [-0.1, -0.05) is 22.0 Å². The highest BCUT2D eigenvalue weighted by Crippen LogP contribution is 2.36. The molecule has 1 atom stereocenters. The predicted octanol–water partition coefficient (Wildman–Crippen LogP) is 3.78. The lowest BCUT2D eigenvalue weighted by Gasteiger charge is -2.20. The highest BCUT2D eigenvalue weighted by atomic mass is 79.9. The van der Waals surface area contributed by atoms with Crippen molar-refractivity contribution in [3.63, 3.8) is 0 Å². The molecule has 0 spiro atoms. The Balaban J connectivity index is 1.96. The molecular weight excluding hydrogens is 344 g/mol. The molecule has 3 nitrogen and oxygen atoms in total. The lowest BCUT2D eigenvalue weighted by atomic mass is 10.0. The van der Waals surface area contributed by atoms with E-state index in [4.69, 9.17) is 4.74 Å². The largest absolute Gasteiger partial charge is 0.482 e. The molecule has 1 aliphatic rings. The zero-order valence-electron chi connectivity index (χ0n) is 10.7. The molecule has 0 bridgehead atoms. The van der Waals surface area contributed by atoms with Crippen molar-refractivity contribution < 1.29 is 18.3 Å². The maximum absolute atomic E-state index is 13.3. The Labute approximate surface area is 128 Å². The van der Waals surface area contributed by atoms with Crippen LogP contribution in [0.2, 0.25) is 0 Å². The van der Waals surface area contributed by atoms with Crippen LogP contribution in [0.3, 0.4) is 0 Å². The van der Waals surface area contributed by atoms with Gasteiger partial charge in [0, 0.05) is 6.07 Å². The van der Waals surface area contributed by atoms with Gasteiger partial charge < -0.3 is 10.1 Å². The van der Waals surface area contributed by atoms with Crippen LogP contribution >= 0.6 is 15.9 Å². The Kier molecular flexibility index (Phi) is 3.63. The minimum Gasteiger partial charge on any atom is -0.482 e. The van der Waals surface area contributed by atoms with E-state index in [0.717, 1.165) is 11.6 Å². The number of fused-ring (bicyclic) bond motifs is 1. The first-order chi connectivity index (χ1) is 10.0. The molecule has 1 heterocycles. The Morgan fingerprint density at radius 3 is 2.52 bits per heavy atom. The molecule has 0 aromatic heterocycles. The first-order valence-electron chi connectivity index (χ1n) is 6.19. The van der Waals surface area contributed by atoms with Crippen LogP contribution < -0.4 is 10.1 Å². The van der Waals surface area contributed by atoms with Gasteiger partial charge in [-0.15, -0.1) is 0 Å². The van der Waals surface area contributed by atoms with Gasteiger partial charge in [0.05, 0.1) is 10.5 Å². The van der Waals surface area contributed by atoms with E-state index in [1.54, 1.807) is 18.2 Å². The van der Waals surface area contributed by atoms with Crippen LogP contribution in [-0.4, -0.2) is 12.5 Å². The average molecular weight is 354 g/mol. The van der Waals surface area contributed by atoms with Crippen LogP contribution in [-0.2, 0) is 4.79 Å². The summed E-state index contributed by atoms with van der Waals surface area (Å²) in [4.78, 5) is 10.9. The molecule has 1 unspecified atom stereocenters. The number of carbonyl (C=O) groups is 1. The molecule has 21 heavy (non-hydrogen) atoms. The van der Waals surface area contributed by atoms with Crippen molar-refractivity contribution in [3.8, 4) is 5.75 Å². The quantitative estimate of drug-likeness (QED) is 0.834. The van der Waals surface area contributed by atoms with Gasteiger partial charge in [0.15, 0.2) is 6.61 Å². The Hall–Kier alpha value is -1.95. The second-order valence-corrected chi connectivity index (χ2v) is 5.57. The maximum atomic E-state index is 13.3.